The molecule has 1 unspecified atom stereocenters. The fraction of sp³-hybridized carbons (Fsp3) is 0.450. The van der Waals surface area contributed by atoms with Gasteiger partial charge in [0.25, 0.3) is 5.91 Å². The molecular formula is C20H23FN2O2S. The summed E-state index contributed by atoms with van der Waals surface area (Å²) < 4.78 is 13.8. The summed E-state index contributed by atoms with van der Waals surface area (Å²) in [5, 5.41) is 12.3. The molecule has 2 aromatic rings. The van der Waals surface area contributed by atoms with Gasteiger partial charge in [-0.3, -0.25) is 4.79 Å². The molecule has 1 aromatic carbocycles. The Balaban J connectivity index is 1.26. The number of rotatable bonds is 5. The SMILES string of the molecule is O=C1c2sccc2CN1CC1CCN(CC(O)c2ccccc2F)CC1. The summed E-state index contributed by atoms with van der Waals surface area (Å²) in [5.41, 5.74) is 1.52. The van der Waals surface area contributed by atoms with Crippen molar-refractivity contribution in [1.29, 1.82) is 0 Å². The molecule has 2 aliphatic heterocycles. The van der Waals surface area contributed by atoms with Crippen molar-refractivity contribution in [2.75, 3.05) is 26.2 Å². The van der Waals surface area contributed by atoms with E-state index >= 15 is 0 Å². The van der Waals surface area contributed by atoms with Crippen LogP contribution in [0.15, 0.2) is 35.7 Å². The van der Waals surface area contributed by atoms with Crippen LogP contribution in [0.25, 0.3) is 0 Å². The van der Waals surface area contributed by atoms with Crippen molar-refractivity contribution in [3.05, 3.63) is 57.5 Å². The third-order valence-corrected chi connectivity index (χ3v) is 6.42. The van der Waals surface area contributed by atoms with Gasteiger partial charge in [-0.2, -0.15) is 0 Å². The number of nitrogens with zero attached hydrogens (tertiary/aromatic N) is 2. The molecule has 0 spiro atoms. The van der Waals surface area contributed by atoms with Gasteiger partial charge in [-0.05, 0) is 54.9 Å². The van der Waals surface area contributed by atoms with E-state index in [-0.39, 0.29) is 11.7 Å². The lowest BCUT2D eigenvalue weighted by Gasteiger charge is -2.34. The van der Waals surface area contributed by atoms with Crippen LogP contribution in [-0.2, 0) is 6.54 Å². The second-order valence-corrected chi connectivity index (χ2v) is 8.16. The van der Waals surface area contributed by atoms with Crippen molar-refractivity contribution >= 4 is 17.2 Å². The highest BCUT2D eigenvalue weighted by atomic mass is 32.1. The van der Waals surface area contributed by atoms with E-state index in [0.717, 1.165) is 49.5 Å². The standard InChI is InChI=1S/C20H23FN2O2S/c21-17-4-2-1-3-16(17)18(24)13-22-8-5-14(6-9-22)11-23-12-15-7-10-26-19(15)20(23)25/h1-4,7,10,14,18,24H,5-6,8-9,11-13H2. The van der Waals surface area contributed by atoms with Crippen LogP contribution >= 0.6 is 11.3 Å². The molecule has 1 aromatic heterocycles. The van der Waals surface area contributed by atoms with Gasteiger partial charge in [-0.25, -0.2) is 4.39 Å². The zero-order chi connectivity index (χ0) is 18.1. The molecule has 0 aliphatic carbocycles. The third kappa shape index (κ3) is 3.54. The van der Waals surface area contributed by atoms with Crippen molar-refractivity contribution in [2.24, 2.45) is 5.92 Å². The van der Waals surface area contributed by atoms with Gasteiger partial charge in [0.05, 0.1) is 11.0 Å². The summed E-state index contributed by atoms with van der Waals surface area (Å²) in [6.45, 7) is 3.75. The largest absolute Gasteiger partial charge is 0.387 e. The number of benzene rings is 1. The van der Waals surface area contributed by atoms with Crippen LogP contribution in [0.2, 0.25) is 0 Å². The normalized spacial score (nSPS) is 19.8. The topological polar surface area (TPSA) is 43.8 Å². The van der Waals surface area contributed by atoms with Gasteiger partial charge in [0, 0.05) is 25.2 Å². The number of aliphatic hydroxyl groups is 1. The average Bonchev–Trinajstić information content (AvgIpc) is 3.21. The van der Waals surface area contributed by atoms with Crippen LogP contribution in [0, 0.1) is 11.7 Å². The number of likely N-dealkylation sites (tertiary alicyclic amines) is 1. The lowest BCUT2D eigenvalue weighted by Crippen LogP contribution is -2.40. The molecule has 4 rings (SSSR count). The first-order valence-electron chi connectivity index (χ1n) is 9.12. The number of carbonyl (C=O) groups is 1. The second kappa shape index (κ2) is 7.47. The Morgan fingerprint density at radius 1 is 1.23 bits per heavy atom. The van der Waals surface area contributed by atoms with Crippen molar-refractivity contribution < 1.29 is 14.3 Å². The number of β-amino-alcohol motifs (C(OH)–C–C–N with tert-alkyl or cyclic N) is 1. The first-order valence-corrected chi connectivity index (χ1v) is 10.0. The Bertz CT molecular complexity index is 786. The number of fused-ring (bicyclic) bond motifs is 1. The number of piperidine rings is 1. The predicted octanol–water partition coefficient (Wildman–Crippen LogP) is 3.29. The second-order valence-electron chi connectivity index (χ2n) is 7.24. The third-order valence-electron chi connectivity index (χ3n) is 5.47. The van der Waals surface area contributed by atoms with E-state index in [4.69, 9.17) is 0 Å². The quantitative estimate of drug-likeness (QED) is 0.873. The van der Waals surface area contributed by atoms with Crippen molar-refractivity contribution in [3.63, 3.8) is 0 Å². The van der Waals surface area contributed by atoms with Gasteiger partial charge in [0.1, 0.15) is 5.82 Å². The highest BCUT2D eigenvalue weighted by Crippen LogP contribution is 2.30. The fourth-order valence-corrected chi connectivity index (χ4v) is 4.85. The lowest BCUT2D eigenvalue weighted by atomic mass is 9.95. The number of thiophene rings is 1. The number of aliphatic hydroxyl groups excluding tert-OH is 1. The van der Waals surface area contributed by atoms with Gasteiger partial charge in [-0.15, -0.1) is 11.3 Å². The minimum Gasteiger partial charge on any atom is -0.387 e. The van der Waals surface area contributed by atoms with E-state index in [9.17, 15) is 14.3 Å². The molecule has 0 saturated carbocycles. The summed E-state index contributed by atoms with van der Waals surface area (Å²) in [7, 11) is 0. The monoisotopic (exact) mass is 374 g/mol. The maximum atomic E-state index is 13.8. The molecule has 0 radical (unpaired) electrons. The van der Waals surface area contributed by atoms with Crippen LogP contribution in [-0.4, -0.2) is 47.0 Å². The summed E-state index contributed by atoms with van der Waals surface area (Å²) in [4.78, 5) is 17.4. The van der Waals surface area contributed by atoms with E-state index in [1.807, 2.05) is 16.3 Å². The van der Waals surface area contributed by atoms with Crippen LogP contribution in [0.3, 0.4) is 0 Å². The number of halogens is 1. The van der Waals surface area contributed by atoms with E-state index in [1.54, 1.807) is 18.2 Å². The molecule has 1 amide bonds. The van der Waals surface area contributed by atoms with Gasteiger partial charge < -0.3 is 14.9 Å². The maximum Gasteiger partial charge on any atom is 0.264 e. The number of hydrogen-bond acceptors (Lipinski definition) is 4. The average molecular weight is 374 g/mol. The Morgan fingerprint density at radius 2 is 2.00 bits per heavy atom. The van der Waals surface area contributed by atoms with E-state index < -0.39 is 6.10 Å². The Hall–Kier alpha value is -1.76. The van der Waals surface area contributed by atoms with E-state index in [2.05, 4.69) is 4.90 Å². The van der Waals surface area contributed by atoms with E-state index in [1.165, 1.54) is 17.4 Å². The molecular weight excluding hydrogens is 351 g/mol. The number of carbonyl (C=O) groups excluding carboxylic acids is 1. The predicted molar refractivity (Wildman–Crippen MR) is 99.6 cm³/mol. The maximum absolute atomic E-state index is 13.8. The minimum atomic E-state index is -0.802. The smallest absolute Gasteiger partial charge is 0.264 e. The summed E-state index contributed by atoms with van der Waals surface area (Å²) in [6.07, 6.45) is 1.20. The van der Waals surface area contributed by atoms with Gasteiger partial charge in [-0.1, -0.05) is 18.2 Å². The molecule has 0 bridgehead atoms. The molecule has 4 nitrogen and oxygen atoms in total. The molecule has 1 N–H and O–H groups in total. The zero-order valence-electron chi connectivity index (χ0n) is 14.6. The molecule has 6 heteroatoms. The zero-order valence-corrected chi connectivity index (χ0v) is 15.4. The van der Waals surface area contributed by atoms with Crippen LogP contribution < -0.4 is 0 Å². The number of amides is 1. The van der Waals surface area contributed by atoms with Gasteiger partial charge in [0.15, 0.2) is 0 Å². The van der Waals surface area contributed by atoms with Crippen molar-refractivity contribution in [2.45, 2.75) is 25.5 Å². The molecule has 1 atom stereocenters. The highest BCUT2D eigenvalue weighted by Gasteiger charge is 2.31. The molecule has 1 fully saturated rings. The van der Waals surface area contributed by atoms with Crippen molar-refractivity contribution in [3.8, 4) is 0 Å². The van der Waals surface area contributed by atoms with Gasteiger partial charge in [0.2, 0.25) is 0 Å². The first kappa shape index (κ1) is 17.6. The van der Waals surface area contributed by atoms with Crippen LogP contribution in [0.5, 0.6) is 0 Å². The van der Waals surface area contributed by atoms with Crippen LogP contribution in [0.1, 0.15) is 39.7 Å². The van der Waals surface area contributed by atoms with Crippen molar-refractivity contribution in [1.82, 2.24) is 9.80 Å². The minimum absolute atomic E-state index is 0.174. The van der Waals surface area contributed by atoms with Crippen LogP contribution in [0.4, 0.5) is 4.39 Å². The van der Waals surface area contributed by atoms with Gasteiger partial charge >= 0.3 is 0 Å². The summed E-state index contributed by atoms with van der Waals surface area (Å²) in [5.74, 6) is 0.317. The summed E-state index contributed by atoms with van der Waals surface area (Å²) >= 11 is 1.53. The van der Waals surface area contributed by atoms with E-state index in [0.29, 0.717) is 18.0 Å². The lowest BCUT2D eigenvalue weighted by molar-refractivity contribution is 0.0651. The first-order chi connectivity index (χ1) is 12.6. The summed E-state index contributed by atoms with van der Waals surface area (Å²) in [6, 6.07) is 8.46. The molecule has 26 heavy (non-hydrogen) atoms. The fourth-order valence-electron chi connectivity index (χ4n) is 3.97. The molecule has 3 heterocycles. The molecule has 2 aliphatic rings. The number of hydrogen-bond donors (Lipinski definition) is 1. The Morgan fingerprint density at radius 3 is 2.73 bits per heavy atom. The Labute approximate surface area is 156 Å². The highest BCUT2D eigenvalue weighted by molar-refractivity contribution is 7.12. The molecule has 138 valence electrons. The molecule has 1 saturated heterocycles. The Kier molecular flexibility index (Phi) is 5.07.